The fourth-order valence-electron chi connectivity index (χ4n) is 2.11. The van der Waals surface area contributed by atoms with E-state index in [4.69, 9.17) is 0 Å². The third kappa shape index (κ3) is 3.82. The largest absolute Gasteiger partial charge is 0.296 e. The lowest BCUT2D eigenvalue weighted by Gasteiger charge is -1.99. The third-order valence-electron chi connectivity index (χ3n) is 3.20. The van der Waals surface area contributed by atoms with Gasteiger partial charge in [-0.2, -0.15) is 0 Å². The summed E-state index contributed by atoms with van der Waals surface area (Å²) in [6.45, 7) is 6.09. The molecule has 0 fully saturated rings. The van der Waals surface area contributed by atoms with Gasteiger partial charge in [0, 0.05) is 24.4 Å². The minimum absolute atomic E-state index is 0.197. The van der Waals surface area contributed by atoms with Crippen molar-refractivity contribution in [1.82, 2.24) is 20.2 Å². The Labute approximate surface area is 148 Å². The molecule has 124 valence electrons. The summed E-state index contributed by atoms with van der Waals surface area (Å²) in [5.41, 5.74) is 1.66. The molecule has 3 aromatic heterocycles. The Balaban J connectivity index is 1.76. The molecule has 0 unspecified atom stereocenters. The molecule has 0 aliphatic rings. The van der Waals surface area contributed by atoms with Crippen LogP contribution in [0.15, 0.2) is 24.5 Å². The molecule has 0 aliphatic heterocycles. The highest BCUT2D eigenvalue weighted by Gasteiger charge is 2.18. The van der Waals surface area contributed by atoms with Crippen LogP contribution in [0.2, 0.25) is 0 Å². The molecule has 0 atom stereocenters. The van der Waals surface area contributed by atoms with Crippen LogP contribution in [0.25, 0.3) is 10.6 Å². The van der Waals surface area contributed by atoms with Crippen molar-refractivity contribution in [1.29, 1.82) is 0 Å². The molecular formula is C16H17N5OS2. The van der Waals surface area contributed by atoms with Crippen LogP contribution in [0.5, 0.6) is 0 Å². The molecule has 0 saturated heterocycles. The van der Waals surface area contributed by atoms with E-state index in [0.29, 0.717) is 21.6 Å². The van der Waals surface area contributed by atoms with E-state index in [1.54, 1.807) is 12.4 Å². The molecule has 0 radical (unpaired) electrons. The van der Waals surface area contributed by atoms with Crippen LogP contribution in [0, 0.1) is 12.8 Å². The van der Waals surface area contributed by atoms with Crippen LogP contribution in [0.4, 0.5) is 5.13 Å². The molecule has 3 heterocycles. The molecule has 6 nitrogen and oxygen atoms in total. The molecule has 1 amide bonds. The molecule has 24 heavy (non-hydrogen) atoms. The number of pyridine rings is 1. The molecule has 0 bridgehead atoms. The number of aryl methyl sites for hydroxylation is 1. The van der Waals surface area contributed by atoms with Gasteiger partial charge in [0.05, 0.1) is 5.69 Å². The van der Waals surface area contributed by atoms with Gasteiger partial charge >= 0.3 is 0 Å². The lowest BCUT2D eigenvalue weighted by molar-refractivity contribution is 0.102. The first-order chi connectivity index (χ1) is 11.5. The van der Waals surface area contributed by atoms with Crippen molar-refractivity contribution >= 4 is 33.7 Å². The average molecular weight is 359 g/mol. The van der Waals surface area contributed by atoms with Gasteiger partial charge in [-0.1, -0.05) is 25.2 Å². The predicted molar refractivity (Wildman–Crippen MR) is 96.5 cm³/mol. The van der Waals surface area contributed by atoms with Crippen LogP contribution >= 0.6 is 22.7 Å². The number of hydrogen-bond acceptors (Lipinski definition) is 7. The fraction of sp³-hybridized carbons (Fsp3) is 0.312. The van der Waals surface area contributed by atoms with E-state index >= 15 is 0 Å². The van der Waals surface area contributed by atoms with Crippen molar-refractivity contribution in [2.75, 3.05) is 5.32 Å². The Kier molecular flexibility index (Phi) is 4.96. The topological polar surface area (TPSA) is 80.7 Å². The highest BCUT2D eigenvalue weighted by Crippen LogP contribution is 2.28. The summed E-state index contributed by atoms with van der Waals surface area (Å²) in [7, 11) is 0. The first kappa shape index (κ1) is 16.7. The summed E-state index contributed by atoms with van der Waals surface area (Å²) in [5.74, 6) is 0.311. The number of rotatable bonds is 5. The van der Waals surface area contributed by atoms with E-state index in [1.807, 2.05) is 19.1 Å². The van der Waals surface area contributed by atoms with Crippen molar-refractivity contribution in [3.8, 4) is 10.6 Å². The SMILES string of the molecule is Cc1nc(-c2ccncc2)sc1C(=O)Nc1nnc(CC(C)C)s1. The van der Waals surface area contributed by atoms with Crippen molar-refractivity contribution in [2.24, 2.45) is 5.92 Å². The van der Waals surface area contributed by atoms with Crippen molar-refractivity contribution in [2.45, 2.75) is 27.2 Å². The highest BCUT2D eigenvalue weighted by atomic mass is 32.1. The monoisotopic (exact) mass is 359 g/mol. The highest BCUT2D eigenvalue weighted by molar-refractivity contribution is 7.17. The van der Waals surface area contributed by atoms with Gasteiger partial charge in [-0.15, -0.1) is 21.5 Å². The Morgan fingerprint density at radius 2 is 1.96 bits per heavy atom. The van der Waals surface area contributed by atoms with Gasteiger partial charge in [-0.05, 0) is 25.0 Å². The number of carbonyl (C=O) groups is 1. The Hall–Kier alpha value is -2.19. The Morgan fingerprint density at radius 3 is 2.67 bits per heavy atom. The molecule has 3 rings (SSSR count). The summed E-state index contributed by atoms with van der Waals surface area (Å²) < 4.78 is 0. The first-order valence-electron chi connectivity index (χ1n) is 7.54. The minimum Gasteiger partial charge on any atom is -0.296 e. The summed E-state index contributed by atoms with van der Waals surface area (Å²) in [5, 5.41) is 13.2. The number of carbonyl (C=O) groups excluding carboxylic acids is 1. The molecule has 0 aromatic carbocycles. The fourth-order valence-corrected chi connectivity index (χ4v) is 4.03. The van der Waals surface area contributed by atoms with Crippen LogP contribution in [-0.2, 0) is 6.42 Å². The molecule has 0 saturated carbocycles. The van der Waals surface area contributed by atoms with Gasteiger partial charge in [0.25, 0.3) is 5.91 Å². The number of hydrogen-bond donors (Lipinski definition) is 1. The van der Waals surface area contributed by atoms with Gasteiger partial charge in [0.1, 0.15) is 14.9 Å². The zero-order valence-corrected chi connectivity index (χ0v) is 15.2. The maximum atomic E-state index is 12.5. The van der Waals surface area contributed by atoms with Crippen LogP contribution in [-0.4, -0.2) is 26.1 Å². The van der Waals surface area contributed by atoms with Gasteiger partial charge in [0.15, 0.2) is 0 Å². The zero-order chi connectivity index (χ0) is 17.1. The van der Waals surface area contributed by atoms with Crippen LogP contribution in [0.3, 0.4) is 0 Å². The normalized spacial score (nSPS) is 11.0. The van der Waals surface area contributed by atoms with E-state index in [9.17, 15) is 4.79 Å². The maximum Gasteiger partial charge on any atom is 0.269 e. The molecule has 0 aliphatic carbocycles. The van der Waals surface area contributed by atoms with E-state index < -0.39 is 0 Å². The smallest absolute Gasteiger partial charge is 0.269 e. The molecular weight excluding hydrogens is 342 g/mol. The van der Waals surface area contributed by atoms with E-state index in [2.05, 4.69) is 39.3 Å². The quantitative estimate of drug-likeness (QED) is 0.749. The number of anilines is 1. The summed E-state index contributed by atoms with van der Waals surface area (Å²) in [6.07, 6.45) is 4.28. The van der Waals surface area contributed by atoms with Gasteiger partial charge in [-0.25, -0.2) is 4.98 Å². The predicted octanol–water partition coefficient (Wildman–Crippen LogP) is 3.82. The standard InChI is InChI=1S/C16H17N5OS2/c1-9(2)8-12-20-21-16(23-12)19-14(22)13-10(3)18-15(24-13)11-4-6-17-7-5-11/h4-7,9H,8H2,1-3H3,(H,19,21,22). The summed E-state index contributed by atoms with van der Waals surface area (Å²) in [6, 6.07) is 3.76. The lowest BCUT2D eigenvalue weighted by Crippen LogP contribution is -2.11. The average Bonchev–Trinajstić information content (AvgIpc) is 3.14. The zero-order valence-electron chi connectivity index (χ0n) is 13.6. The second kappa shape index (κ2) is 7.14. The Bertz CT molecular complexity index is 841. The third-order valence-corrected chi connectivity index (χ3v) is 5.27. The van der Waals surface area contributed by atoms with Crippen molar-refractivity contribution in [3.63, 3.8) is 0 Å². The summed E-state index contributed by atoms with van der Waals surface area (Å²) >= 11 is 2.78. The Morgan fingerprint density at radius 1 is 1.21 bits per heavy atom. The van der Waals surface area contributed by atoms with Crippen molar-refractivity contribution in [3.05, 3.63) is 40.1 Å². The first-order valence-corrected chi connectivity index (χ1v) is 9.17. The second-order valence-corrected chi connectivity index (χ2v) is 7.78. The van der Waals surface area contributed by atoms with Gasteiger partial charge < -0.3 is 0 Å². The second-order valence-electron chi connectivity index (χ2n) is 5.72. The number of nitrogens with one attached hydrogen (secondary N) is 1. The minimum atomic E-state index is -0.197. The van der Waals surface area contributed by atoms with Crippen LogP contribution in [0.1, 0.15) is 34.2 Å². The van der Waals surface area contributed by atoms with Crippen LogP contribution < -0.4 is 5.32 Å². The lowest BCUT2D eigenvalue weighted by atomic mass is 10.1. The number of thiazole rings is 1. The van der Waals surface area contributed by atoms with E-state index in [-0.39, 0.29) is 5.91 Å². The molecule has 1 N–H and O–H groups in total. The number of nitrogens with zero attached hydrogens (tertiary/aromatic N) is 4. The van der Waals surface area contributed by atoms with Gasteiger partial charge in [-0.3, -0.25) is 15.1 Å². The molecule has 8 heteroatoms. The van der Waals surface area contributed by atoms with E-state index in [1.165, 1.54) is 22.7 Å². The molecule has 0 spiro atoms. The maximum absolute atomic E-state index is 12.5. The summed E-state index contributed by atoms with van der Waals surface area (Å²) in [4.78, 5) is 21.6. The number of amides is 1. The molecule has 3 aromatic rings. The van der Waals surface area contributed by atoms with Gasteiger partial charge in [0.2, 0.25) is 5.13 Å². The van der Waals surface area contributed by atoms with Crippen molar-refractivity contribution < 1.29 is 4.79 Å². The van der Waals surface area contributed by atoms with E-state index in [0.717, 1.165) is 22.0 Å². The number of aromatic nitrogens is 4.